The number of aliphatic hydroxyl groups excluding tert-OH is 1. The number of benzene rings is 1. The van der Waals surface area contributed by atoms with Gasteiger partial charge in [-0.25, -0.2) is 0 Å². The monoisotopic (exact) mass is 261 g/mol. The molecule has 1 fully saturated rings. The SMILES string of the molecule is COc1ccc2c(c1)C1(C)CCN(C)C(C2)[C@@H]1CO. The fourth-order valence-corrected chi connectivity index (χ4v) is 4.06. The summed E-state index contributed by atoms with van der Waals surface area (Å²) in [5, 5.41) is 9.87. The number of hydrogen-bond acceptors (Lipinski definition) is 3. The molecule has 1 aliphatic carbocycles. The minimum Gasteiger partial charge on any atom is -0.497 e. The van der Waals surface area contributed by atoms with Crippen LogP contribution in [0.25, 0.3) is 0 Å². The minimum absolute atomic E-state index is 0.0774. The van der Waals surface area contributed by atoms with Gasteiger partial charge in [-0.15, -0.1) is 0 Å². The summed E-state index contributed by atoms with van der Waals surface area (Å²) in [6.07, 6.45) is 2.14. The van der Waals surface area contributed by atoms with E-state index in [4.69, 9.17) is 4.74 Å². The first-order chi connectivity index (χ1) is 9.10. The van der Waals surface area contributed by atoms with Crippen molar-refractivity contribution in [1.82, 2.24) is 4.90 Å². The Morgan fingerprint density at radius 2 is 2.26 bits per heavy atom. The highest BCUT2D eigenvalue weighted by Gasteiger charge is 2.49. The normalized spacial score (nSPS) is 33.9. The van der Waals surface area contributed by atoms with E-state index in [2.05, 4.69) is 37.1 Å². The second-order valence-corrected chi connectivity index (χ2v) is 6.23. The van der Waals surface area contributed by atoms with Crippen LogP contribution >= 0.6 is 0 Å². The molecule has 3 rings (SSSR count). The third kappa shape index (κ3) is 1.79. The zero-order valence-corrected chi connectivity index (χ0v) is 12.0. The first kappa shape index (κ1) is 12.9. The Hall–Kier alpha value is -1.06. The van der Waals surface area contributed by atoms with Crippen LogP contribution in [0.4, 0.5) is 0 Å². The number of likely N-dealkylation sites (N-methyl/N-ethyl adjacent to an activating group) is 1. The first-order valence-electron chi connectivity index (χ1n) is 7.08. The lowest BCUT2D eigenvalue weighted by Gasteiger charge is -2.54. The molecule has 3 atom stereocenters. The number of aliphatic hydroxyl groups is 1. The quantitative estimate of drug-likeness (QED) is 0.881. The third-order valence-electron chi connectivity index (χ3n) is 5.39. The molecule has 104 valence electrons. The molecule has 1 aromatic carbocycles. The largest absolute Gasteiger partial charge is 0.497 e. The molecule has 3 nitrogen and oxygen atoms in total. The van der Waals surface area contributed by atoms with Crippen LogP contribution in [0.3, 0.4) is 0 Å². The maximum Gasteiger partial charge on any atom is 0.119 e. The van der Waals surface area contributed by atoms with Crippen molar-refractivity contribution >= 4 is 0 Å². The lowest BCUT2D eigenvalue weighted by atomic mass is 9.58. The molecule has 1 aromatic rings. The van der Waals surface area contributed by atoms with Crippen LogP contribution in [0.15, 0.2) is 18.2 Å². The predicted octanol–water partition coefficient (Wildman–Crippen LogP) is 1.82. The summed E-state index contributed by atoms with van der Waals surface area (Å²) in [5.41, 5.74) is 2.88. The Kier molecular flexibility index (Phi) is 3.06. The van der Waals surface area contributed by atoms with Gasteiger partial charge in [0.05, 0.1) is 7.11 Å². The van der Waals surface area contributed by atoms with Crippen LogP contribution in [-0.2, 0) is 11.8 Å². The fourth-order valence-electron chi connectivity index (χ4n) is 4.06. The van der Waals surface area contributed by atoms with Crippen molar-refractivity contribution < 1.29 is 9.84 Å². The Morgan fingerprint density at radius 1 is 1.47 bits per heavy atom. The van der Waals surface area contributed by atoms with Crippen molar-refractivity contribution in [3.63, 3.8) is 0 Å². The lowest BCUT2D eigenvalue weighted by Crippen LogP contribution is -2.58. The summed E-state index contributed by atoms with van der Waals surface area (Å²) in [5.74, 6) is 1.25. The van der Waals surface area contributed by atoms with Gasteiger partial charge >= 0.3 is 0 Å². The van der Waals surface area contributed by atoms with Crippen LogP contribution < -0.4 is 4.74 Å². The number of fused-ring (bicyclic) bond motifs is 4. The molecule has 0 saturated carbocycles. The summed E-state index contributed by atoms with van der Waals surface area (Å²) >= 11 is 0. The Balaban J connectivity index is 2.13. The van der Waals surface area contributed by atoms with Gasteiger partial charge in [-0.2, -0.15) is 0 Å². The Morgan fingerprint density at radius 3 is 2.95 bits per heavy atom. The molecule has 2 aliphatic rings. The van der Waals surface area contributed by atoms with E-state index in [0.29, 0.717) is 12.0 Å². The van der Waals surface area contributed by atoms with E-state index in [1.807, 2.05) is 0 Å². The maximum absolute atomic E-state index is 9.87. The number of rotatable bonds is 2. The Labute approximate surface area is 115 Å². The van der Waals surface area contributed by atoms with E-state index in [9.17, 15) is 5.11 Å². The van der Waals surface area contributed by atoms with Gasteiger partial charge in [0.15, 0.2) is 0 Å². The summed E-state index contributed by atoms with van der Waals surface area (Å²) in [6, 6.07) is 6.90. The molecule has 0 radical (unpaired) electrons. The molecule has 19 heavy (non-hydrogen) atoms. The van der Waals surface area contributed by atoms with Crippen molar-refractivity contribution in [2.24, 2.45) is 5.92 Å². The molecule has 0 spiro atoms. The molecule has 2 bridgehead atoms. The zero-order valence-electron chi connectivity index (χ0n) is 12.0. The van der Waals surface area contributed by atoms with Crippen molar-refractivity contribution in [3.8, 4) is 5.75 Å². The van der Waals surface area contributed by atoms with Crippen LogP contribution in [0, 0.1) is 5.92 Å². The van der Waals surface area contributed by atoms with Gasteiger partial charge < -0.3 is 14.7 Å². The highest BCUT2D eigenvalue weighted by atomic mass is 16.5. The van der Waals surface area contributed by atoms with Gasteiger partial charge in [-0.3, -0.25) is 0 Å². The summed E-state index contributed by atoms with van der Waals surface area (Å²) in [7, 11) is 3.90. The van der Waals surface area contributed by atoms with Gasteiger partial charge in [-0.05, 0) is 49.7 Å². The lowest BCUT2D eigenvalue weighted by molar-refractivity contribution is 0.00558. The molecule has 3 heteroatoms. The first-order valence-corrected chi connectivity index (χ1v) is 7.08. The van der Waals surface area contributed by atoms with Gasteiger partial charge in [0, 0.05) is 24.0 Å². The van der Waals surface area contributed by atoms with E-state index >= 15 is 0 Å². The second kappa shape index (κ2) is 4.50. The van der Waals surface area contributed by atoms with E-state index in [-0.39, 0.29) is 12.0 Å². The van der Waals surface area contributed by atoms with Gasteiger partial charge in [0.1, 0.15) is 5.75 Å². The number of likely N-dealkylation sites (tertiary alicyclic amines) is 1. The summed E-state index contributed by atoms with van der Waals surface area (Å²) < 4.78 is 5.38. The van der Waals surface area contributed by atoms with E-state index in [0.717, 1.165) is 25.1 Å². The van der Waals surface area contributed by atoms with Crippen LogP contribution in [-0.4, -0.2) is 43.4 Å². The maximum atomic E-state index is 9.87. The van der Waals surface area contributed by atoms with Gasteiger partial charge in [0.2, 0.25) is 0 Å². The second-order valence-electron chi connectivity index (χ2n) is 6.23. The predicted molar refractivity (Wildman–Crippen MR) is 75.7 cm³/mol. The van der Waals surface area contributed by atoms with E-state index < -0.39 is 0 Å². The molecule has 1 N–H and O–H groups in total. The molecule has 2 unspecified atom stereocenters. The number of piperidine rings is 1. The smallest absolute Gasteiger partial charge is 0.119 e. The van der Waals surface area contributed by atoms with Gasteiger partial charge in [-0.1, -0.05) is 13.0 Å². The van der Waals surface area contributed by atoms with Crippen molar-refractivity contribution in [1.29, 1.82) is 0 Å². The molecular formula is C16H23NO2. The fraction of sp³-hybridized carbons (Fsp3) is 0.625. The number of nitrogens with zero attached hydrogens (tertiary/aromatic N) is 1. The average molecular weight is 261 g/mol. The minimum atomic E-state index is 0.0774. The molecular weight excluding hydrogens is 238 g/mol. The summed E-state index contributed by atoms with van der Waals surface area (Å²) in [4.78, 5) is 2.41. The molecule has 1 aliphatic heterocycles. The molecule has 1 saturated heterocycles. The average Bonchev–Trinajstić information content (AvgIpc) is 2.43. The number of methoxy groups -OCH3 is 1. The topological polar surface area (TPSA) is 32.7 Å². The molecule has 0 amide bonds. The van der Waals surface area contributed by atoms with Crippen molar-refractivity contribution in [2.75, 3.05) is 27.3 Å². The van der Waals surface area contributed by atoms with E-state index in [1.165, 1.54) is 11.1 Å². The van der Waals surface area contributed by atoms with Crippen molar-refractivity contribution in [2.45, 2.75) is 31.2 Å². The standard InChI is InChI=1S/C16H23NO2/c1-16-6-7-17(2)15(14(16)10-18)8-11-4-5-12(19-3)9-13(11)16/h4-5,9,14-15,18H,6-8,10H2,1-3H3/t14-,15?,16?/m0/s1. The zero-order chi connectivity index (χ0) is 13.6. The van der Waals surface area contributed by atoms with Crippen molar-refractivity contribution in [3.05, 3.63) is 29.3 Å². The highest BCUT2D eigenvalue weighted by Crippen LogP contribution is 2.48. The van der Waals surface area contributed by atoms with Crippen LogP contribution in [0.5, 0.6) is 5.75 Å². The summed E-state index contributed by atoms with van der Waals surface area (Å²) in [6.45, 7) is 3.68. The van der Waals surface area contributed by atoms with Crippen LogP contribution in [0.1, 0.15) is 24.5 Å². The number of hydrogen-bond donors (Lipinski definition) is 1. The Bertz CT molecular complexity index is 488. The van der Waals surface area contributed by atoms with Gasteiger partial charge in [0.25, 0.3) is 0 Å². The van der Waals surface area contributed by atoms with Crippen LogP contribution in [0.2, 0.25) is 0 Å². The molecule has 0 aromatic heterocycles. The van der Waals surface area contributed by atoms with E-state index in [1.54, 1.807) is 7.11 Å². The highest BCUT2D eigenvalue weighted by molar-refractivity contribution is 5.44. The molecule has 1 heterocycles. The third-order valence-corrected chi connectivity index (χ3v) is 5.39. The number of ether oxygens (including phenoxy) is 1.